The summed E-state index contributed by atoms with van der Waals surface area (Å²) in [7, 11) is 2.12. The van der Waals surface area contributed by atoms with Crippen molar-refractivity contribution in [3.05, 3.63) is 53.0 Å². The Morgan fingerprint density at radius 2 is 2.12 bits per heavy atom. The number of piperazine rings is 1. The first-order chi connectivity index (χ1) is 12.6. The standard InChI is InChI=1S/C19H24N6S/c1-4-6-14-13-15-7-5-8-21-17(15)18(16(14)20-2)22-23-19(26)25-11-9-24(3)10-12-25/h4-8H,2,9-13H2,1,3H3,(H,23,26). The Morgan fingerprint density at radius 1 is 1.35 bits per heavy atom. The Bertz CT molecular complexity index is 787. The fraction of sp³-hybridized carbons (Fsp3) is 0.368. The Hall–Kier alpha value is -2.38. The molecule has 0 aromatic carbocycles. The van der Waals surface area contributed by atoms with Gasteiger partial charge in [-0.15, -0.1) is 0 Å². The molecule has 2 aliphatic rings. The molecule has 26 heavy (non-hydrogen) atoms. The average molecular weight is 369 g/mol. The lowest BCUT2D eigenvalue weighted by atomic mass is 9.91. The number of likely N-dealkylation sites (N-methyl/N-ethyl adjacent to an activating group) is 1. The molecule has 0 amide bonds. The molecule has 1 fully saturated rings. The molecular formula is C19H24N6S. The number of hydrazone groups is 1. The molecule has 136 valence electrons. The number of pyridine rings is 1. The minimum atomic E-state index is 0.629. The fourth-order valence-corrected chi connectivity index (χ4v) is 3.38. The van der Waals surface area contributed by atoms with Gasteiger partial charge in [-0.3, -0.25) is 15.4 Å². The Balaban J connectivity index is 1.88. The van der Waals surface area contributed by atoms with E-state index in [-0.39, 0.29) is 0 Å². The van der Waals surface area contributed by atoms with Crippen molar-refractivity contribution in [1.29, 1.82) is 0 Å². The second-order valence-electron chi connectivity index (χ2n) is 6.39. The van der Waals surface area contributed by atoms with Gasteiger partial charge in [-0.25, -0.2) is 0 Å². The minimum Gasteiger partial charge on any atom is -0.345 e. The van der Waals surface area contributed by atoms with Gasteiger partial charge in [0.25, 0.3) is 0 Å². The van der Waals surface area contributed by atoms with Crippen LogP contribution in [-0.4, -0.2) is 65.6 Å². The third-order valence-corrected chi connectivity index (χ3v) is 4.95. The van der Waals surface area contributed by atoms with Crippen LogP contribution in [0, 0.1) is 0 Å². The predicted molar refractivity (Wildman–Crippen MR) is 111 cm³/mol. The summed E-state index contributed by atoms with van der Waals surface area (Å²) in [5.41, 5.74) is 7.52. The van der Waals surface area contributed by atoms with Crippen LogP contribution in [0.3, 0.4) is 0 Å². The molecule has 3 rings (SSSR count). The SMILES string of the molecule is C=NC1=C(C=CC)Cc2cccnc2C1=NNC(=S)N1CCN(C)CC1. The Labute approximate surface area is 160 Å². The van der Waals surface area contributed by atoms with Crippen molar-refractivity contribution < 1.29 is 0 Å². The summed E-state index contributed by atoms with van der Waals surface area (Å²) in [6.45, 7) is 9.51. The number of aliphatic imine (C=N–C) groups is 1. The second-order valence-corrected chi connectivity index (χ2v) is 6.77. The molecule has 7 heteroatoms. The van der Waals surface area contributed by atoms with Crippen LogP contribution in [0.15, 0.2) is 51.8 Å². The summed E-state index contributed by atoms with van der Waals surface area (Å²) >= 11 is 5.53. The van der Waals surface area contributed by atoms with Gasteiger partial charge in [0, 0.05) is 38.8 Å². The zero-order valence-corrected chi connectivity index (χ0v) is 16.1. The summed E-state index contributed by atoms with van der Waals surface area (Å²) in [4.78, 5) is 13.2. The predicted octanol–water partition coefficient (Wildman–Crippen LogP) is 1.99. The van der Waals surface area contributed by atoms with Crippen LogP contribution < -0.4 is 5.43 Å². The van der Waals surface area contributed by atoms with E-state index in [0.717, 1.165) is 55.1 Å². The van der Waals surface area contributed by atoms with Crippen LogP contribution in [0.25, 0.3) is 0 Å². The molecule has 1 saturated heterocycles. The minimum absolute atomic E-state index is 0.629. The summed E-state index contributed by atoms with van der Waals surface area (Å²) in [5.74, 6) is 0. The average Bonchev–Trinajstić information content (AvgIpc) is 2.66. The van der Waals surface area contributed by atoms with Crippen molar-refractivity contribution in [2.24, 2.45) is 10.1 Å². The van der Waals surface area contributed by atoms with Crippen molar-refractivity contribution in [2.45, 2.75) is 13.3 Å². The lowest BCUT2D eigenvalue weighted by molar-refractivity contribution is 0.214. The molecule has 0 radical (unpaired) electrons. The lowest BCUT2D eigenvalue weighted by Crippen LogP contribution is -2.49. The van der Waals surface area contributed by atoms with Gasteiger partial charge in [-0.05, 0) is 50.1 Å². The quantitative estimate of drug-likeness (QED) is 0.502. The van der Waals surface area contributed by atoms with Crippen LogP contribution in [0.4, 0.5) is 0 Å². The van der Waals surface area contributed by atoms with Gasteiger partial charge in [0.05, 0.1) is 11.4 Å². The molecule has 6 nitrogen and oxygen atoms in total. The number of rotatable bonds is 3. The number of thiocarbonyl (C=S) groups is 1. The van der Waals surface area contributed by atoms with E-state index in [4.69, 9.17) is 12.2 Å². The molecule has 1 aromatic rings. The molecule has 0 unspecified atom stereocenters. The van der Waals surface area contributed by atoms with Gasteiger partial charge in [0.1, 0.15) is 5.71 Å². The van der Waals surface area contributed by atoms with Crippen molar-refractivity contribution in [3.8, 4) is 0 Å². The van der Waals surface area contributed by atoms with E-state index in [1.165, 1.54) is 0 Å². The smallest absolute Gasteiger partial charge is 0.189 e. The Morgan fingerprint density at radius 3 is 2.81 bits per heavy atom. The lowest BCUT2D eigenvalue weighted by Gasteiger charge is -2.33. The van der Waals surface area contributed by atoms with E-state index in [2.05, 4.69) is 50.1 Å². The van der Waals surface area contributed by atoms with Crippen molar-refractivity contribution in [3.63, 3.8) is 0 Å². The highest BCUT2D eigenvalue weighted by Gasteiger charge is 2.24. The summed E-state index contributed by atoms with van der Waals surface area (Å²) in [6.07, 6.45) is 6.59. The molecule has 2 heterocycles. The highest BCUT2D eigenvalue weighted by molar-refractivity contribution is 7.80. The van der Waals surface area contributed by atoms with E-state index in [9.17, 15) is 0 Å². The van der Waals surface area contributed by atoms with Gasteiger partial charge in [-0.1, -0.05) is 18.2 Å². The van der Waals surface area contributed by atoms with Gasteiger partial charge >= 0.3 is 0 Å². The van der Waals surface area contributed by atoms with Crippen molar-refractivity contribution >= 4 is 29.8 Å². The highest BCUT2D eigenvalue weighted by atomic mass is 32.1. The Kier molecular flexibility index (Phi) is 5.90. The van der Waals surface area contributed by atoms with Crippen LogP contribution in [0.2, 0.25) is 0 Å². The maximum Gasteiger partial charge on any atom is 0.189 e. The number of nitrogens with one attached hydrogen (secondary N) is 1. The zero-order valence-electron chi connectivity index (χ0n) is 15.3. The topological polar surface area (TPSA) is 56.1 Å². The first-order valence-electron chi connectivity index (χ1n) is 8.72. The molecule has 1 N–H and O–H groups in total. The van der Waals surface area contributed by atoms with Gasteiger partial charge in [-0.2, -0.15) is 5.10 Å². The molecule has 1 aromatic heterocycles. The molecule has 0 atom stereocenters. The third-order valence-electron chi connectivity index (χ3n) is 4.60. The van der Waals surface area contributed by atoms with Gasteiger partial charge in [0.15, 0.2) is 5.11 Å². The molecule has 1 aliphatic heterocycles. The molecule has 0 bridgehead atoms. The van der Waals surface area contributed by atoms with Crippen LogP contribution in [-0.2, 0) is 6.42 Å². The summed E-state index contributed by atoms with van der Waals surface area (Å²) in [6, 6.07) is 4.01. The van der Waals surface area contributed by atoms with Crippen LogP contribution in [0.1, 0.15) is 18.2 Å². The number of hydrogen-bond donors (Lipinski definition) is 1. The number of fused-ring (bicyclic) bond motifs is 1. The second kappa shape index (κ2) is 8.33. The van der Waals surface area contributed by atoms with E-state index < -0.39 is 0 Å². The molecule has 0 saturated carbocycles. The van der Waals surface area contributed by atoms with E-state index in [0.29, 0.717) is 10.8 Å². The highest BCUT2D eigenvalue weighted by Crippen LogP contribution is 2.26. The third kappa shape index (κ3) is 3.89. The number of allylic oxidation sites excluding steroid dienone is 4. The van der Waals surface area contributed by atoms with E-state index in [1.54, 1.807) is 6.20 Å². The summed E-state index contributed by atoms with van der Waals surface area (Å²) < 4.78 is 0. The van der Waals surface area contributed by atoms with Crippen LogP contribution in [0.5, 0.6) is 0 Å². The first kappa shape index (κ1) is 18.4. The number of aromatic nitrogens is 1. The summed E-state index contributed by atoms with van der Waals surface area (Å²) in [5, 5.41) is 5.21. The monoisotopic (exact) mass is 368 g/mol. The van der Waals surface area contributed by atoms with Gasteiger partial charge in [0.2, 0.25) is 0 Å². The fourth-order valence-electron chi connectivity index (χ4n) is 3.15. The number of hydrogen-bond acceptors (Lipinski definition) is 5. The zero-order chi connectivity index (χ0) is 18.5. The maximum atomic E-state index is 5.53. The molecule has 0 spiro atoms. The number of nitrogens with zero attached hydrogens (tertiary/aromatic N) is 5. The normalized spacial score (nSPS) is 19.8. The molecular weight excluding hydrogens is 344 g/mol. The van der Waals surface area contributed by atoms with E-state index >= 15 is 0 Å². The van der Waals surface area contributed by atoms with Crippen molar-refractivity contribution in [1.82, 2.24) is 20.2 Å². The van der Waals surface area contributed by atoms with Crippen molar-refractivity contribution in [2.75, 3.05) is 33.2 Å². The van der Waals surface area contributed by atoms with Crippen LogP contribution >= 0.6 is 12.2 Å². The molecule has 1 aliphatic carbocycles. The largest absolute Gasteiger partial charge is 0.345 e. The van der Waals surface area contributed by atoms with E-state index in [1.807, 2.05) is 25.1 Å². The maximum absolute atomic E-state index is 5.53. The first-order valence-corrected chi connectivity index (χ1v) is 9.13. The van der Waals surface area contributed by atoms with Gasteiger partial charge < -0.3 is 9.80 Å².